The van der Waals surface area contributed by atoms with Crippen molar-refractivity contribution in [3.8, 4) is 0 Å². The standard InChI is InChI=1S/C14H15NO4S/c1-8(2)19-14(17)12-9(3)7-11(20-12)15-13(16)10-5-4-6-18-10/h4-8H,1-3H3,(H,15,16). The first-order chi connectivity index (χ1) is 9.47. The molecule has 0 aliphatic rings. The molecule has 0 atom stereocenters. The Balaban J connectivity index is 2.11. The molecule has 1 amide bonds. The number of amides is 1. The minimum absolute atomic E-state index is 0.176. The number of furan rings is 1. The van der Waals surface area contributed by atoms with Gasteiger partial charge in [-0.1, -0.05) is 0 Å². The van der Waals surface area contributed by atoms with Crippen LogP contribution in [0, 0.1) is 6.92 Å². The Morgan fingerprint density at radius 1 is 1.40 bits per heavy atom. The third-order valence-corrected chi connectivity index (χ3v) is 3.56. The Morgan fingerprint density at radius 3 is 2.75 bits per heavy atom. The molecule has 2 aromatic rings. The van der Waals surface area contributed by atoms with Crippen LogP contribution in [-0.4, -0.2) is 18.0 Å². The molecule has 0 unspecified atom stereocenters. The molecule has 0 saturated carbocycles. The summed E-state index contributed by atoms with van der Waals surface area (Å²) in [5.74, 6) is -0.497. The van der Waals surface area contributed by atoms with Crippen LogP contribution < -0.4 is 5.32 Å². The van der Waals surface area contributed by atoms with Crippen LogP contribution in [0.3, 0.4) is 0 Å². The number of hydrogen-bond acceptors (Lipinski definition) is 5. The fraction of sp³-hybridized carbons (Fsp3) is 0.286. The van der Waals surface area contributed by atoms with Crippen molar-refractivity contribution < 1.29 is 18.7 Å². The van der Waals surface area contributed by atoms with Crippen molar-refractivity contribution in [2.45, 2.75) is 26.9 Å². The molecule has 0 spiro atoms. The zero-order valence-corrected chi connectivity index (χ0v) is 12.2. The first kappa shape index (κ1) is 14.3. The van der Waals surface area contributed by atoms with E-state index in [1.807, 2.05) is 0 Å². The van der Waals surface area contributed by atoms with E-state index in [2.05, 4.69) is 5.32 Å². The Morgan fingerprint density at radius 2 is 2.15 bits per heavy atom. The van der Waals surface area contributed by atoms with E-state index in [1.54, 1.807) is 39.0 Å². The summed E-state index contributed by atoms with van der Waals surface area (Å²) in [4.78, 5) is 24.2. The van der Waals surface area contributed by atoms with Gasteiger partial charge < -0.3 is 14.5 Å². The molecule has 5 nitrogen and oxygen atoms in total. The van der Waals surface area contributed by atoms with Crippen LogP contribution in [0.25, 0.3) is 0 Å². The van der Waals surface area contributed by atoms with Crippen molar-refractivity contribution >= 4 is 28.2 Å². The number of nitrogens with one attached hydrogen (secondary N) is 1. The molecule has 0 saturated heterocycles. The Kier molecular flexibility index (Phi) is 4.24. The molecule has 0 bridgehead atoms. The second-order valence-electron chi connectivity index (χ2n) is 4.51. The molecular formula is C14H15NO4S. The minimum Gasteiger partial charge on any atom is -0.459 e. The number of rotatable bonds is 4. The average Bonchev–Trinajstić information content (AvgIpc) is 2.97. The maximum Gasteiger partial charge on any atom is 0.348 e. The molecule has 2 rings (SSSR count). The summed E-state index contributed by atoms with van der Waals surface area (Å²) < 4.78 is 10.2. The summed E-state index contributed by atoms with van der Waals surface area (Å²) >= 11 is 1.19. The number of ether oxygens (including phenoxy) is 1. The topological polar surface area (TPSA) is 68.5 Å². The predicted molar refractivity (Wildman–Crippen MR) is 76.3 cm³/mol. The summed E-state index contributed by atoms with van der Waals surface area (Å²) in [6, 6.07) is 4.95. The molecule has 106 valence electrons. The number of anilines is 1. The smallest absolute Gasteiger partial charge is 0.348 e. The van der Waals surface area contributed by atoms with Gasteiger partial charge in [0, 0.05) is 0 Å². The molecule has 0 radical (unpaired) electrons. The highest BCUT2D eigenvalue weighted by atomic mass is 32.1. The lowest BCUT2D eigenvalue weighted by Crippen LogP contribution is -2.11. The molecule has 1 N–H and O–H groups in total. The molecule has 20 heavy (non-hydrogen) atoms. The predicted octanol–water partition coefficient (Wildman–Crippen LogP) is 3.47. The molecule has 0 fully saturated rings. The number of esters is 1. The van der Waals surface area contributed by atoms with E-state index in [0.29, 0.717) is 9.88 Å². The molecule has 6 heteroatoms. The van der Waals surface area contributed by atoms with Gasteiger partial charge in [0.15, 0.2) is 5.76 Å². The number of hydrogen-bond donors (Lipinski definition) is 1. The molecule has 0 aliphatic carbocycles. The van der Waals surface area contributed by atoms with Gasteiger partial charge >= 0.3 is 5.97 Å². The fourth-order valence-corrected chi connectivity index (χ4v) is 2.55. The highest BCUT2D eigenvalue weighted by Gasteiger charge is 2.18. The van der Waals surface area contributed by atoms with E-state index in [9.17, 15) is 9.59 Å². The van der Waals surface area contributed by atoms with Crippen LogP contribution in [0.2, 0.25) is 0 Å². The molecular weight excluding hydrogens is 278 g/mol. The monoisotopic (exact) mass is 293 g/mol. The molecule has 2 aromatic heterocycles. The van der Waals surface area contributed by atoms with Crippen LogP contribution in [0.4, 0.5) is 5.00 Å². The van der Waals surface area contributed by atoms with E-state index in [-0.39, 0.29) is 23.7 Å². The van der Waals surface area contributed by atoms with E-state index >= 15 is 0 Å². The Hall–Kier alpha value is -2.08. The highest BCUT2D eigenvalue weighted by molar-refractivity contribution is 7.18. The molecule has 0 aromatic carbocycles. The second-order valence-corrected chi connectivity index (χ2v) is 5.56. The van der Waals surface area contributed by atoms with Crippen molar-refractivity contribution in [1.29, 1.82) is 0 Å². The lowest BCUT2D eigenvalue weighted by Gasteiger charge is -2.06. The quantitative estimate of drug-likeness (QED) is 0.876. The molecule has 0 aliphatic heterocycles. The normalized spacial score (nSPS) is 10.6. The van der Waals surface area contributed by atoms with Crippen molar-refractivity contribution in [3.05, 3.63) is 40.7 Å². The van der Waals surface area contributed by atoms with Crippen LogP contribution in [-0.2, 0) is 4.74 Å². The van der Waals surface area contributed by atoms with Gasteiger partial charge in [-0.05, 0) is 44.5 Å². The van der Waals surface area contributed by atoms with E-state index in [0.717, 1.165) is 5.56 Å². The summed E-state index contributed by atoms with van der Waals surface area (Å²) in [6.45, 7) is 5.39. The second kappa shape index (κ2) is 5.92. The van der Waals surface area contributed by atoms with Crippen LogP contribution in [0.15, 0.2) is 28.9 Å². The lowest BCUT2D eigenvalue weighted by atomic mass is 10.3. The summed E-state index contributed by atoms with van der Waals surface area (Å²) in [5.41, 5.74) is 0.774. The maximum atomic E-state index is 11.9. The lowest BCUT2D eigenvalue weighted by molar-refractivity contribution is 0.0383. The van der Waals surface area contributed by atoms with Gasteiger partial charge in [-0.2, -0.15) is 0 Å². The molecule has 2 heterocycles. The number of carbonyl (C=O) groups is 2. The first-order valence-electron chi connectivity index (χ1n) is 6.13. The third-order valence-electron chi connectivity index (χ3n) is 2.43. The van der Waals surface area contributed by atoms with Crippen LogP contribution >= 0.6 is 11.3 Å². The summed E-state index contributed by atoms with van der Waals surface area (Å²) in [7, 11) is 0. The van der Waals surface area contributed by atoms with Crippen LogP contribution in [0.5, 0.6) is 0 Å². The van der Waals surface area contributed by atoms with Crippen LogP contribution in [0.1, 0.15) is 39.6 Å². The average molecular weight is 293 g/mol. The van der Waals surface area contributed by atoms with Crippen molar-refractivity contribution in [2.75, 3.05) is 5.32 Å². The number of carbonyl (C=O) groups excluding carboxylic acids is 2. The fourth-order valence-electron chi connectivity index (χ4n) is 1.60. The SMILES string of the molecule is Cc1cc(NC(=O)c2ccco2)sc1C(=O)OC(C)C. The van der Waals surface area contributed by atoms with Crippen molar-refractivity contribution in [2.24, 2.45) is 0 Å². The van der Waals surface area contributed by atoms with E-state index < -0.39 is 0 Å². The van der Waals surface area contributed by atoms with Gasteiger partial charge in [0.2, 0.25) is 0 Å². The number of aryl methyl sites for hydroxylation is 1. The Labute approximate surface area is 120 Å². The Bertz CT molecular complexity index is 613. The zero-order chi connectivity index (χ0) is 14.7. The summed E-state index contributed by atoms with van der Waals surface area (Å²) in [5, 5.41) is 3.27. The van der Waals surface area contributed by atoms with Crippen molar-refractivity contribution in [3.63, 3.8) is 0 Å². The zero-order valence-electron chi connectivity index (χ0n) is 11.4. The third kappa shape index (κ3) is 3.27. The van der Waals surface area contributed by atoms with Gasteiger partial charge in [0.25, 0.3) is 5.91 Å². The number of thiophene rings is 1. The van der Waals surface area contributed by atoms with E-state index in [4.69, 9.17) is 9.15 Å². The van der Waals surface area contributed by atoms with Crippen molar-refractivity contribution in [1.82, 2.24) is 0 Å². The highest BCUT2D eigenvalue weighted by Crippen LogP contribution is 2.28. The van der Waals surface area contributed by atoms with Gasteiger partial charge in [0.05, 0.1) is 17.4 Å². The van der Waals surface area contributed by atoms with Gasteiger partial charge in [-0.25, -0.2) is 4.79 Å². The van der Waals surface area contributed by atoms with Gasteiger partial charge in [-0.15, -0.1) is 11.3 Å². The maximum absolute atomic E-state index is 11.9. The van der Waals surface area contributed by atoms with Gasteiger partial charge in [-0.3, -0.25) is 4.79 Å². The first-order valence-corrected chi connectivity index (χ1v) is 6.95. The van der Waals surface area contributed by atoms with Gasteiger partial charge in [0.1, 0.15) is 4.88 Å². The van der Waals surface area contributed by atoms with E-state index in [1.165, 1.54) is 17.6 Å². The summed E-state index contributed by atoms with van der Waals surface area (Å²) in [6.07, 6.45) is 1.25. The minimum atomic E-state index is -0.374. The largest absolute Gasteiger partial charge is 0.459 e.